The van der Waals surface area contributed by atoms with Gasteiger partial charge in [0.15, 0.2) is 0 Å². The molecule has 3 heterocycles. The minimum absolute atomic E-state index is 0.130. The molecule has 2 aliphatic heterocycles. The number of aromatic nitrogens is 2. The Morgan fingerprint density at radius 3 is 2.82 bits per heavy atom. The number of benzene rings is 1. The van der Waals surface area contributed by atoms with Crippen LogP contribution in [0.2, 0.25) is 0 Å². The number of anilines is 1. The fourth-order valence-corrected chi connectivity index (χ4v) is 5.09. The molecule has 0 spiro atoms. The van der Waals surface area contributed by atoms with Gasteiger partial charge < -0.3 is 34.3 Å². The van der Waals surface area contributed by atoms with Crippen molar-refractivity contribution >= 4 is 51.8 Å². The zero-order valence-corrected chi connectivity index (χ0v) is 23.1. The number of alkyl halides is 2. The molecule has 1 saturated heterocycles. The number of nitrogens with zero attached hydrogens (tertiary/aromatic N) is 4. The molecule has 0 radical (unpaired) electrons. The summed E-state index contributed by atoms with van der Waals surface area (Å²) in [7, 11) is 1.94. The van der Waals surface area contributed by atoms with E-state index in [2.05, 4.69) is 16.8 Å². The SMILES string of the molecule is C=C1NC(=O)C(F)=CN1C1C[C@@H](O)C(COC(=O)CCCc2nc3cc(N(CCCl)CCCl)ccc3n2C)O1. The van der Waals surface area contributed by atoms with Gasteiger partial charge in [-0.05, 0) is 24.6 Å². The number of carbonyl (C=O) groups is 2. The van der Waals surface area contributed by atoms with Crippen molar-refractivity contribution in [1.82, 2.24) is 19.8 Å². The molecule has 212 valence electrons. The summed E-state index contributed by atoms with van der Waals surface area (Å²) in [5, 5.41) is 12.6. The standard InChI is InChI=1S/C26H32Cl2FN5O5/c1-16-30-26(37)18(29)14-34(16)24-13-21(35)22(39-24)15-38-25(36)5-3-4-23-31-19-12-17(6-7-20(19)32(23)2)33(10-8-27)11-9-28/h6-7,12,14,21-22,24,35H,1,3-5,8-11,13,15H2,2H3,(H,30,37)/t21-,22?,24?/m1/s1. The van der Waals surface area contributed by atoms with Crippen LogP contribution in [0.5, 0.6) is 0 Å². The van der Waals surface area contributed by atoms with Crippen molar-refractivity contribution in [2.75, 3.05) is 36.4 Å². The number of aryl methyl sites for hydroxylation is 2. The fourth-order valence-electron chi connectivity index (χ4n) is 4.68. The van der Waals surface area contributed by atoms with Crippen molar-refractivity contribution in [1.29, 1.82) is 0 Å². The Morgan fingerprint density at radius 1 is 1.36 bits per heavy atom. The summed E-state index contributed by atoms with van der Waals surface area (Å²) in [6.45, 7) is 4.90. The molecule has 4 rings (SSSR count). The number of imidazole rings is 1. The van der Waals surface area contributed by atoms with E-state index in [0.29, 0.717) is 37.7 Å². The Kier molecular flexibility index (Phi) is 9.71. The predicted octanol–water partition coefficient (Wildman–Crippen LogP) is 2.91. The zero-order valence-electron chi connectivity index (χ0n) is 21.6. The van der Waals surface area contributed by atoms with Gasteiger partial charge in [0.1, 0.15) is 30.6 Å². The second-order valence-electron chi connectivity index (χ2n) is 9.38. The fraction of sp³-hybridized carbons (Fsp3) is 0.500. The Balaban J connectivity index is 1.26. The second-order valence-corrected chi connectivity index (χ2v) is 10.1. The maximum absolute atomic E-state index is 13.7. The molecule has 0 saturated carbocycles. The number of rotatable bonds is 12. The van der Waals surface area contributed by atoms with E-state index in [1.165, 1.54) is 4.90 Å². The molecular formula is C26H32Cl2FN5O5. The number of esters is 1. The average molecular weight is 584 g/mol. The van der Waals surface area contributed by atoms with Gasteiger partial charge in [-0.3, -0.25) is 9.59 Å². The summed E-state index contributed by atoms with van der Waals surface area (Å²) in [6.07, 6.45) is -0.0858. The monoisotopic (exact) mass is 583 g/mol. The van der Waals surface area contributed by atoms with Gasteiger partial charge in [0.2, 0.25) is 5.83 Å². The Bertz CT molecular complexity index is 1250. The topological polar surface area (TPSA) is 109 Å². The Morgan fingerprint density at radius 2 is 2.10 bits per heavy atom. The second kappa shape index (κ2) is 13.0. The van der Waals surface area contributed by atoms with Crippen LogP contribution in [0.25, 0.3) is 11.0 Å². The van der Waals surface area contributed by atoms with E-state index >= 15 is 0 Å². The maximum Gasteiger partial charge on any atom is 0.305 e. The van der Waals surface area contributed by atoms with Crippen LogP contribution in [0.4, 0.5) is 10.1 Å². The smallest absolute Gasteiger partial charge is 0.305 e. The molecule has 1 fully saturated rings. The summed E-state index contributed by atoms with van der Waals surface area (Å²) in [5.74, 6) is -0.323. The molecule has 2 N–H and O–H groups in total. The summed E-state index contributed by atoms with van der Waals surface area (Å²) >= 11 is 11.9. The number of nitrogens with one attached hydrogen (secondary N) is 1. The lowest BCUT2D eigenvalue weighted by atomic mass is 10.2. The van der Waals surface area contributed by atoms with Crippen LogP contribution in [-0.2, 0) is 32.5 Å². The number of hydrogen-bond acceptors (Lipinski definition) is 8. The molecule has 1 aromatic heterocycles. The van der Waals surface area contributed by atoms with Gasteiger partial charge in [0, 0.05) is 63.0 Å². The average Bonchev–Trinajstić information content (AvgIpc) is 3.43. The van der Waals surface area contributed by atoms with Crippen LogP contribution >= 0.6 is 23.2 Å². The van der Waals surface area contributed by atoms with Gasteiger partial charge in [0.05, 0.1) is 17.1 Å². The lowest BCUT2D eigenvalue weighted by Gasteiger charge is -2.31. The van der Waals surface area contributed by atoms with Crippen molar-refractivity contribution in [2.24, 2.45) is 7.05 Å². The number of halogens is 3. The van der Waals surface area contributed by atoms with E-state index in [0.717, 1.165) is 28.7 Å². The third kappa shape index (κ3) is 6.84. The number of aliphatic hydroxyl groups is 1. The number of aliphatic hydroxyl groups excluding tert-OH is 1. The van der Waals surface area contributed by atoms with Crippen LogP contribution in [0.3, 0.4) is 0 Å². The summed E-state index contributed by atoms with van der Waals surface area (Å²) in [4.78, 5) is 31.9. The van der Waals surface area contributed by atoms with Crippen LogP contribution in [-0.4, -0.2) is 81.3 Å². The highest BCUT2D eigenvalue weighted by molar-refractivity contribution is 6.18. The van der Waals surface area contributed by atoms with Crippen molar-refractivity contribution in [2.45, 2.75) is 44.1 Å². The highest BCUT2D eigenvalue weighted by Crippen LogP contribution is 2.28. The lowest BCUT2D eigenvalue weighted by Crippen LogP contribution is -2.42. The third-order valence-corrected chi connectivity index (χ3v) is 7.11. The summed E-state index contributed by atoms with van der Waals surface area (Å²) < 4.78 is 26.8. The first-order valence-electron chi connectivity index (χ1n) is 12.7. The van der Waals surface area contributed by atoms with E-state index < -0.39 is 36.1 Å². The molecule has 0 aliphatic carbocycles. The molecule has 0 bridgehead atoms. The molecule has 3 atom stereocenters. The van der Waals surface area contributed by atoms with Crippen LogP contribution < -0.4 is 10.2 Å². The normalized spacial score (nSPS) is 21.3. The first-order chi connectivity index (χ1) is 18.7. The van der Waals surface area contributed by atoms with Gasteiger partial charge >= 0.3 is 5.97 Å². The molecule has 39 heavy (non-hydrogen) atoms. The number of hydrogen-bond donors (Lipinski definition) is 2. The van der Waals surface area contributed by atoms with Gasteiger partial charge in [-0.15, -0.1) is 23.2 Å². The molecule has 13 heteroatoms. The van der Waals surface area contributed by atoms with Gasteiger partial charge in [0.25, 0.3) is 5.91 Å². The van der Waals surface area contributed by atoms with Crippen molar-refractivity contribution < 1.29 is 28.6 Å². The molecule has 10 nitrogen and oxygen atoms in total. The highest BCUT2D eigenvalue weighted by Gasteiger charge is 2.39. The number of amides is 1. The van der Waals surface area contributed by atoms with Crippen LogP contribution in [0.15, 0.2) is 42.6 Å². The number of ether oxygens (including phenoxy) is 2. The molecule has 2 unspecified atom stereocenters. The molecule has 2 aromatic rings. The minimum Gasteiger partial charge on any atom is -0.463 e. The summed E-state index contributed by atoms with van der Waals surface area (Å²) in [6, 6.07) is 6.06. The lowest BCUT2D eigenvalue weighted by molar-refractivity contribution is -0.150. The summed E-state index contributed by atoms with van der Waals surface area (Å²) in [5.41, 5.74) is 2.85. The van der Waals surface area contributed by atoms with Gasteiger partial charge in [-0.25, -0.2) is 4.98 Å². The molecule has 2 aliphatic rings. The van der Waals surface area contributed by atoms with Crippen LogP contribution in [0, 0.1) is 0 Å². The van der Waals surface area contributed by atoms with Crippen molar-refractivity contribution in [3.05, 3.63) is 48.5 Å². The van der Waals surface area contributed by atoms with E-state index in [9.17, 15) is 19.1 Å². The van der Waals surface area contributed by atoms with E-state index in [4.69, 9.17) is 37.7 Å². The predicted molar refractivity (Wildman–Crippen MR) is 146 cm³/mol. The molecule has 1 aromatic carbocycles. The third-order valence-electron chi connectivity index (χ3n) is 6.77. The number of carbonyl (C=O) groups excluding carboxylic acids is 2. The van der Waals surface area contributed by atoms with Crippen molar-refractivity contribution in [3.8, 4) is 0 Å². The van der Waals surface area contributed by atoms with Gasteiger partial charge in [-0.1, -0.05) is 6.58 Å². The van der Waals surface area contributed by atoms with Gasteiger partial charge in [-0.2, -0.15) is 4.39 Å². The first-order valence-corrected chi connectivity index (χ1v) is 13.8. The first kappa shape index (κ1) is 29.1. The molecule has 1 amide bonds. The quantitative estimate of drug-likeness (QED) is 0.290. The largest absolute Gasteiger partial charge is 0.463 e. The maximum atomic E-state index is 13.7. The molecular weight excluding hydrogens is 552 g/mol. The Hall–Kier alpha value is -2.86. The number of fused-ring (bicyclic) bond motifs is 1. The van der Waals surface area contributed by atoms with E-state index in [1.807, 2.05) is 29.8 Å². The highest BCUT2D eigenvalue weighted by atomic mass is 35.5. The Labute approximate surface area is 235 Å². The van der Waals surface area contributed by atoms with Crippen molar-refractivity contribution in [3.63, 3.8) is 0 Å². The van der Waals surface area contributed by atoms with E-state index in [1.54, 1.807) is 0 Å². The zero-order chi connectivity index (χ0) is 28.1. The minimum atomic E-state index is -0.990. The van der Waals surface area contributed by atoms with E-state index in [-0.39, 0.29) is 25.3 Å². The van der Waals surface area contributed by atoms with Crippen LogP contribution in [0.1, 0.15) is 25.1 Å².